The second-order valence-electron chi connectivity index (χ2n) is 5.57. The molecule has 0 fully saturated rings. The molecular formula is C14H14F6NO2. The normalized spacial score (nSPS) is 13.1. The fourth-order valence-electron chi connectivity index (χ4n) is 1.63. The van der Waals surface area contributed by atoms with Crippen LogP contribution in [0.2, 0.25) is 0 Å². The van der Waals surface area contributed by atoms with Crippen molar-refractivity contribution in [1.29, 1.82) is 0 Å². The number of amides is 1. The third-order valence-electron chi connectivity index (χ3n) is 2.39. The maximum Gasteiger partial charge on any atom is 0.412 e. The summed E-state index contributed by atoms with van der Waals surface area (Å²) in [6.45, 7) is 4.80. The molecule has 0 bridgehead atoms. The fraction of sp³-hybridized carbons (Fsp3) is 0.429. The molecule has 1 aromatic carbocycles. The summed E-state index contributed by atoms with van der Waals surface area (Å²) in [4.78, 5) is 11.5. The molecule has 9 heteroatoms. The number of hydrogen-bond donors (Lipinski definition) is 1. The van der Waals surface area contributed by atoms with Crippen LogP contribution in [0.15, 0.2) is 24.3 Å². The van der Waals surface area contributed by atoms with Gasteiger partial charge in [0, 0.05) is 5.69 Å². The van der Waals surface area contributed by atoms with Crippen LogP contribution in [0.1, 0.15) is 26.3 Å². The molecule has 23 heavy (non-hydrogen) atoms. The van der Waals surface area contributed by atoms with Crippen molar-refractivity contribution in [1.82, 2.24) is 0 Å². The Morgan fingerprint density at radius 1 is 0.913 bits per heavy atom. The average Bonchev–Trinajstić information content (AvgIpc) is 2.25. The highest BCUT2D eigenvalue weighted by atomic mass is 19.4. The first-order valence-corrected chi connectivity index (χ1v) is 6.32. The summed E-state index contributed by atoms with van der Waals surface area (Å²) in [5.41, 5.74) is -1.83. The second-order valence-corrected chi connectivity index (χ2v) is 5.57. The van der Waals surface area contributed by atoms with Gasteiger partial charge in [-0.1, -0.05) is 12.1 Å². The van der Waals surface area contributed by atoms with Crippen LogP contribution < -0.4 is 5.32 Å². The number of rotatable bonds is 2. The van der Waals surface area contributed by atoms with E-state index in [4.69, 9.17) is 4.74 Å². The summed E-state index contributed by atoms with van der Waals surface area (Å²) >= 11 is 0. The Morgan fingerprint density at radius 3 is 1.70 bits per heavy atom. The molecule has 0 aliphatic rings. The zero-order chi connectivity index (χ0) is 18.1. The van der Waals surface area contributed by atoms with Gasteiger partial charge in [-0.05, 0) is 38.5 Å². The molecule has 1 N–H and O–H groups in total. The number of ether oxygens (including phenoxy) is 1. The predicted octanol–water partition coefficient (Wildman–Crippen LogP) is 5.08. The largest absolute Gasteiger partial charge is 0.444 e. The minimum atomic E-state index is -5.54. The molecule has 0 saturated carbocycles. The van der Waals surface area contributed by atoms with E-state index in [0.717, 1.165) is 12.1 Å². The molecule has 0 unspecified atom stereocenters. The van der Waals surface area contributed by atoms with Crippen LogP contribution in [0, 0.1) is 5.92 Å². The van der Waals surface area contributed by atoms with Crippen LogP contribution in [0.25, 0.3) is 0 Å². The summed E-state index contributed by atoms with van der Waals surface area (Å²) in [6, 6.07) is 3.11. The number of anilines is 1. The third kappa shape index (κ3) is 5.99. The maximum atomic E-state index is 12.6. The average molecular weight is 342 g/mol. The van der Waals surface area contributed by atoms with Gasteiger partial charge in [-0.3, -0.25) is 5.32 Å². The number of nitrogens with one attached hydrogen (secondary N) is 1. The Labute approximate surface area is 128 Å². The smallest absolute Gasteiger partial charge is 0.412 e. The van der Waals surface area contributed by atoms with E-state index in [9.17, 15) is 31.1 Å². The Balaban J connectivity index is 2.93. The summed E-state index contributed by atoms with van der Waals surface area (Å²) in [6.07, 6.45) is -12.0. The molecule has 0 heterocycles. The molecule has 0 aliphatic heterocycles. The lowest BCUT2D eigenvalue weighted by atomic mass is 9.97. The molecule has 1 aromatic rings. The Bertz CT molecular complexity index is 528. The van der Waals surface area contributed by atoms with E-state index >= 15 is 0 Å². The summed E-state index contributed by atoms with van der Waals surface area (Å²) < 4.78 is 80.2. The van der Waals surface area contributed by atoms with Crippen molar-refractivity contribution in [3.63, 3.8) is 0 Å². The maximum absolute atomic E-state index is 12.6. The van der Waals surface area contributed by atoms with Gasteiger partial charge in [0.15, 0.2) is 0 Å². The van der Waals surface area contributed by atoms with Gasteiger partial charge < -0.3 is 4.74 Å². The van der Waals surface area contributed by atoms with Crippen LogP contribution in [0.5, 0.6) is 0 Å². The van der Waals surface area contributed by atoms with E-state index in [1.807, 2.05) is 0 Å². The van der Waals surface area contributed by atoms with E-state index in [-0.39, 0.29) is 5.69 Å². The molecule has 0 atom stereocenters. The second kappa shape index (κ2) is 6.29. The molecule has 1 amide bonds. The molecule has 0 aromatic heterocycles. The molecular weight excluding hydrogens is 328 g/mol. The molecule has 1 radical (unpaired) electrons. The van der Waals surface area contributed by atoms with Crippen LogP contribution in [0.4, 0.5) is 36.8 Å². The van der Waals surface area contributed by atoms with Gasteiger partial charge in [-0.15, -0.1) is 0 Å². The minimum Gasteiger partial charge on any atom is -0.444 e. The third-order valence-corrected chi connectivity index (χ3v) is 2.39. The lowest BCUT2D eigenvalue weighted by molar-refractivity contribution is -0.197. The topological polar surface area (TPSA) is 38.3 Å². The van der Waals surface area contributed by atoms with Gasteiger partial charge in [-0.25, -0.2) is 4.79 Å². The Hall–Kier alpha value is -1.93. The van der Waals surface area contributed by atoms with Crippen molar-refractivity contribution in [3.8, 4) is 0 Å². The highest BCUT2D eigenvalue weighted by Gasteiger charge is 2.58. The molecule has 0 saturated heterocycles. The van der Waals surface area contributed by atoms with Gasteiger partial charge in [0.05, 0.1) is 0 Å². The van der Waals surface area contributed by atoms with Crippen molar-refractivity contribution >= 4 is 11.8 Å². The fourth-order valence-corrected chi connectivity index (χ4v) is 1.63. The summed E-state index contributed by atoms with van der Waals surface area (Å²) in [5.74, 6) is -2.60. The molecule has 0 spiro atoms. The first-order valence-electron chi connectivity index (χ1n) is 6.32. The van der Waals surface area contributed by atoms with Gasteiger partial charge in [0.2, 0.25) is 5.92 Å². The van der Waals surface area contributed by atoms with Crippen LogP contribution in [0.3, 0.4) is 0 Å². The Morgan fingerprint density at radius 2 is 1.35 bits per heavy atom. The standard InChI is InChI=1S/C14H14F6NO2/c1-12(2,3)23-11(22)21-9-6-4-8(5-7-9)10(13(15,16)17)14(18,19)20/h4-7H,1-3H3,(H,21,22). The number of benzene rings is 1. The lowest BCUT2D eigenvalue weighted by Gasteiger charge is -2.22. The van der Waals surface area contributed by atoms with Crippen molar-refractivity contribution < 1.29 is 35.9 Å². The highest BCUT2D eigenvalue weighted by Crippen LogP contribution is 2.45. The first kappa shape index (κ1) is 19.1. The number of carbonyl (C=O) groups excluding carboxylic acids is 1. The zero-order valence-electron chi connectivity index (χ0n) is 12.4. The van der Waals surface area contributed by atoms with Crippen molar-refractivity contribution in [3.05, 3.63) is 35.7 Å². The SMILES string of the molecule is CC(C)(C)OC(=O)Nc1ccc([C](C(F)(F)F)C(F)(F)F)cc1. The zero-order valence-corrected chi connectivity index (χ0v) is 12.4. The number of halogens is 6. The van der Waals surface area contributed by atoms with Crippen LogP contribution in [-0.2, 0) is 4.74 Å². The highest BCUT2D eigenvalue weighted by molar-refractivity contribution is 5.84. The van der Waals surface area contributed by atoms with Gasteiger partial charge in [0.25, 0.3) is 0 Å². The first-order chi connectivity index (χ1) is 10.2. The summed E-state index contributed by atoms with van der Waals surface area (Å²) in [7, 11) is 0. The minimum absolute atomic E-state index is 0.00620. The van der Waals surface area contributed by atoms with E-state index in [2.05, 4.69) is 5.32 Å². The van der Waals surface area contributed by atoms with Crippen LogP contribution in [-0.4, -0.2) is 24.0 Å². The number of alkyl halides is 6. The van der Waals surface area contributed by atoms with Crippen molar-refractivity contribution in [2.45, 2.75) is 38.7 Å². The monoisotopic (exact) mass is 342 g/mol. The van der Waals surface area contributed by atoms with E-state index in [1.165, 1.54) is 0 Å². The van der Waals surface area contributed by atoms with Crippen molar-refractivity contribution in [2.24, 2.45) is 0 Å². The van der Waals surface area contributed by atoms with Gasteiger partial charge in [0.1, 0.15) is 5.60 Å². The van der Waals surface area contributed by atoms with Gasteiger partial charge in [-0.2, -0.15) is 26.3 Å². The van der Waals surface area contributed by atoms with Crippen molar-refractivity contribution in [2.75, 3.05) is 5.32 Å². The lowest BCUT2D eigenvalue weighted by Crippen LogP contribution is -2.35. The number of carbonyl (C=O) groups is 1. The van der Waals surface area contributed by atoms with Gasteiger partial charge >= 0.3 is 18.4 Å². The molecule has 1 rings (SSSR count). The molecule has 129 valence electrons. The predicted molar refractivity (Wildman–Crippen MR) is 70.8 cm³/mol. The van der Waals surface area contributed by atoms with E-state index in [1.54, 1.807) is 20.8 Å². The summed E-state index contributed by atoms with van der Waals surface area (Å²) in [5, 5.41) is 2.21. The van der Waals surface area contributed by atoms with E-state index < -0.39 is 35.5 Å². The molecule has 0 aliphatic carbocycles. The Kier molecular flexibility index (Phi) is 5.23. The van der Waals surface area contributed by atoms with Crippen LogP contribution >= 0.6 is 0 Å². The quantitative estimate of drug-likeness (QED) is 0.761. The number of hydrogen-bond acceptors (Lipinski definition) is 2. The van der Waals surface area contributed by atoms with E-state index in [0.29, 0.717) is 12.1 Å². The molecule has 3 nitrogen and oxygen atoms in total.